The number of hydrogen-bond acceptors (Lipinski definition) is 5. The second kappa shape index (κ2) is 8.06. The molecule has 0 amide bonds. The van der Waals surface area contributed by atoms with Gasteiger partial charge in [0.15, 0.2) is 11.5 Å². The van der Waals surface area contributed by atoms with Crippen LogP contribution in [-0.2, 0) is 6.42 Å². The van der Waals surface area contributed by atoms with Crippen LogP contribution in [0, 0.1) is 0 Å². The Balaban J connectivity index is 1.95. The third kappa shape index (κ3) is 3.24. The van der Waals surface area contributed by atoms with Crippen molar-refractivity contribution in [2.75, 3.05) is 21.3 Å². The fourth-order valence-corrected chi connectivity index (χ4v) is 4.15. The Morgan fingerprint density at radius 1 is 1.00 bits per heavy atom. The number of ether oxygens (including phenoxy) is 3. The van der Waals surface area contributed by atoms with E-state index < -0.39 is 5.97 Å². The van der Waals surface area contributed by atoms with Gasteiger partial charge >= 0.3 is 5.97 Å². The SMILES string of the molecule is COc1ccc(/C=C2\CCCc3c2nc2ccccc2c3C(=O)O)c(OC)c1OC. The van der Waals surface area contributed by atoms with Crippen molar-refractivity contribution in [2.45, 2.75) is 19.3 Å². The number of hydrogen-bond donors (Lipinski definition) is 1. The summed E-state index contributed by atoms with van der Waals surface area (Å²) in [6, 6.07) is 11.1. The van der Waals surface area contributed by atoms with Gasteiger partial charge in [-0.15, -0.1) is 0 Å². The van der Waals surface area contributed by atoms with Crippen LogP contribution in [0.5, 0.6) is 17.2 Å². The molecule has 6 heteroatoms. The molecule has 0 unspecified atom stereocenters. The number of benzene rings is 2. The molecule has 0 atom stereocenters. The minimum atomic E-state index is -0.921. The Labute approximate surface area is 174 Å². The Kier molecular flexibility index (Phi) is 5.31. The maximum absolute atomic E-state index is 12.1. The van der Waals surface area contributed by atoms with Gasteiger partial charge in [-0.2, -0.15) is 0 Å². The van der Waals surface area contributed by atoms with E-state index in [4.69, 9.17) is 19.2 Å². The number of para-hydroxylation sites is 1. The first-order valence-electron chi connectivity index (χ1n) is 9.73. The summed E-state index contributed by atoms with van der Waals surface area (Å²) in [5.41, 5.74) is 4.37. The van der Waals surface area contributed by atoms with Crippen LogP contribution in [0.4, 0.5) is 0 Å². The molecule has 1 aromatic heterocycles. The molecule has 6 nitrogen and oxygen atoms in total. The fraction of sp³-hybridized carbons (Fsp3) is 0.250. The summed E-state index contributed by atoms with van der Waals surface area (Å²) >= 11 is 0. The van der Waals surface area contributed by atoms with Crippen molar-refractivity contribution in [3.8, 4) is 17.2 Å². The maximum Gasteiger partial charge on any atom is 0.336 e. The quantitative estimate of drug-likeness (QED) is 0.655. The number of aromatic carboxylic acids is 1. The number of carboxylic acids is 1. The molecule has 0 saturated carbocycles. The van der Waals surface area contributed by atoms with Gasteiger partial charge in [-0.1, -0.05) is 18.2 Å². The molecule has 0 aliphatic heterocycles. The number of carboxylic acid groups (broad SMARTS) is 1. The van der Waals surface area contributed by atoms with E-state index in [0.29, 0.717) is 40.1 Å². The van der Waals surface area contributed by atoms with Gasteiger partial charge in [-0.25, -0.2) is 9.78 Å². The number of aromatic nitrogens is 1. The molecule has 3 aromatic rings. The molecule has 0 fully saturated rings. The number of methoxy groups -OCH3 is 3. The Bertz CT molecular complexity index is 1170. The monoisotopic (exact) mass is 405 g/mol. The normalized spacial score (nSPS) is 14.4. The third-order valence-corrected chi connectivity index (χ3v) is 5.45. The molecule has 30 heavy (non-hydrogen) atoms. The second-order valence-electron chi connectivity index (χ2n) is 7.08. The van der Waals surface area contributed by atoms with Gasteiger partial charge in [-0.3, -0.25) is 0 Å². The van der Waals surface area contributed by atoms with Crippen LogP contribution >= 0.6 is 0 Å². The summed E-state index contributed by atoms with van der Waals surface area (Å²) in [7, 11) is 4.73. The second-order valence-corrected chi connectivity index (χ2v) is 7.08. The lowest BCUT2D eigenvalue weighted by atomic mass is 9.86. The summed E-state index contributed by atoms with van der Waals surface area (Å²) in [5.74, 6) is 0.742. The van der Waals surface area contributed by atoms with E-state index in [-0.39, 0.29) is 0 Å². The predicted molar refractivity (Wildman–Crippen MR) is 116 cm³/mol. The average Bonchev–Trinajstić information content (AvgIpc) is 2.77. The van der Waals surface area contributed by atoms with E-state index in [0.717, 1.165) is 35.2 Å². The van der Waals surface area contributed by atoms with Crippen molar-refractivity contribution in [2.24, 2.45) is 0 Å². The van der Waals surface area contributed by atoms with Crippen molar-refractivity contribution in [1.82, 2.24) is 4.98 Å². The zero-order chi connectivity index (χ0) is 21.3. The highest BCUT2D eigenvalue weighted by Crippen LogP contribution is 2.43. The highest BCUT2D eigenvalue weighted by atomic mass is 16.5. The molecule has 2 aromatic carbocycles. The lowest BCUT2D eigenvalue weighted by Gasteiger charge is -2.22. The molecule has 1 aliphatic carbocycles. The zero-order valence-electron chi connectivity index (χ0n) is 17.2. The Hall–Kier alpha value is -3.54. The molecule has 154 valence electrons. The zero-order valence-corrected chi connectivity index (χ0v) is 17.2. The topological polar surface area (TPSA) is 77.9 Å². The smallest absolute Gasteiger partial charge is 0.336 e. The van der Waals surface area contributed by atoms with Crippen LogP contribution in [0.3, 0.4) is 0 Å². The van der Waals surface area contributed by atoms with Gasteiger partial charge in [0.05, 0.1) is 38.1 Å². The lowest BCUT2D eigenvalue weighted by molar-refractivity contribution is 0.0697. The molecule has 0 bridgehead atoms. The molecule has 1 N–H and O–H groups in total. The first-order valence-corrected chi connectivity index (χ1v) is 9.73. The minimum absolute atomic E-state index is 0.348. The van der Waals surface area contributed by atoms with Gasteiger partial charge in [0.25, 0.3) is 0 Å². The summed E-state index contributed by atoms with van der Waals surface area (Å²) in [5, 5.41) is 10.6. The first kappa shape index (κ1) is 19.8. The molecule has 1 aliphatic rings. The predicted octanol–water partition coefficient (Wildman–Crippen LogP) is 4.84. The molecule has 4 rings (SSSR count). The molecule has 0 spiro atoms. The van der Waals surface area contributed by atoms with E-state index in [9.17, 15) is 9.90 Å². The van der Waals surface area contributed by atoms with E-state index in [1.165, 1.54) is 0 Å². The van der Waals surface area contributed by atoms with Crippen LogP contribution in [0.2, 0.25) is 0 Å². The van der Waals surface area contributed by atoms with Gasteiger partial charge in [0, 0.05) is 10.9 Å². The Morgan fingerprint density at radius 2 is 1.77 bits per heavy atom. The molecule has 0 saturated heterocycles. The van der Waals surface area contributed by atoms with Crippen molar-refractivity contribution in [3.05, 3.63) is 58.8 Å². The largest absolute Gasteiger partial charge is 0.493 e. The van der Waals surface area contributed by atoms with Crippen LogP contribution in [0.25, 0.3) is 22.6 Å². The van der Waals surface area contributed by atoms with Gasteiger partial charge in [-0.05, 0) is 54.7 Å². The van der Waals surface area contributed by atoms with Gasteiger partial charge < -0.3 is 19.3 Å². The van der Waals surface area contributed by atoms with E-state index in [1.807, 2.05) is 42.5 Å². The van der Waals surface area contributed by atoms with Crippen molar-refractivity contribution in [1.29, 1.82) is 0 Å². The maximum atomic E-state index is 12.1. The highest BCUT2D eigenvalue weighted by molar-refractivity contribution is 6.06. The van der Waals surface area contributed by atoms with Crippen LogP contribution < -0.4 is 14.2 Å². The summed E-state index contributed by atoms with van der Waals surface area (Å²) < 4.78 is 16.5. The average molecular weight is 405 g/mol. The number of rotatable bonds is 5. The van der Waals surface area contributed by atoms with Crippen LogP contribution in [0.15, 0.2) is 36.4 Å². The standard InChI is InChI=1S/C24H23NO5/c1-28-19-12-11-15(22(29-2)23(19)30-3)13-14-7-6-9-17-20(24(26)27)16-8-4-5-10-18(16)25-21(14)17/h4-5,8,10-13H,6-7,9H2,1-3H3,(H,26,27)/b14-13+. The summed E-state index contributed by atoms with van der Waals surface area (Å²) in [6.07, 6.45) is 4.35. The first-order chi connectivity index (χ1) is 14.6. The lowest BCUT2D eigenvalue weighted by Crippen LogP contribution is -2.13. The van der Waals surface area contributed by atoms with Crippen molar-refractivity contribution < 1.29 is 24.1 Å². The Morgan fingerprint density at radius 3 is 2.47 bits per heavy atom. The minimum Gasteiger partial charge on any atom is -0.493 e. The summed E-state index contributed by atoms with van der Waals surface area (Å²) in [4.78, 5) is 16.9. The number of carbonyl (C=O) groups is 1. The highest BCUT2D eigenvalue weighted by Gasteiger charge is 2.25. The molecule has 0 radical (unpaired) electrons. The number of pyridine rings is 1. The fourth-order valence-electron chi connectivity index (χ4n) is 4.15. The number of nitrogens with zero attached hydrogens (tertiary/aromatic N) is 1. The van der Waals surface area contributed by atoms with Crippen LogP contribution in [-0.4, -0.2) is 37.4 Å². The molecular weight excluding hydrogens is 382 g/mol. The van der Waals surface area contributed by atoms with E-state index in [1.54, 1.807) is 21.3 Å². The van der Waals surface area contributed by atoms with Gasteiger partial charge in [0.2, 0.25) is 5.75 Å². The molecule has 1 heterocycles. The number of fused-ring (bicyclic) bond motifs is 2. The summed E-state index contributed by atoms with van der Waals surface area (Å²) in [6.45, 7) is 0. The number of allylic oxidation sites excluding steroid dienone is 1. The van der Waals surface area contributed by atoms with Crippen molar-refractivity contribution >= 4 is 28.5 Å². The van der Waals surface area contributed by atoms with Crippen molar-refractivity contribution in [3.63, 3.8) is 0 Å². The third-order valence-electron chi connectivity index (χ3n) is 5.45. The van der Waals surface area contributed by atoms with Gasteiger partial charge in [0.1, 0.15) is 0 Å². The van der Waals surface area contributed by atoms with E-state index >= 15 is 0 Å². The van der Waals surface area contributed by atoms with E-state index in [2.05, 4.69) is 0 Å². The van der Waals surface area contributed by atoms with Crippen LogP contribution in [0.1, 0.15) is 40.0 Å². The molecular formula is C24H23NO5.